The van der Waals surface area contributed by atoms with Gasteiger partial charge in [0.2, 0.25) is 0 Å². The third-order valence-corrected chi connectivity index (χ3v) is 12.3. The maximum atomic E-state index is 7.11. The van der Waals surface area contributed by atoms with Gasteiger partial charge in [-0.3, -0.25) is 4.99 Å². The van der Waals surface area contributed by atoms with Crippen LogP contribution in [-0.4, -0.2) is 5.84 Å². The van der Waals surface area contributed by atoms with Gasteiger partial charge in [0, 0.05) is 27.7 Å². The van der Waals surface area contributed by atoms with Crippen LogP contribution in [0.3, 0.4) is 0 Å². The second kappa shape index (κ2) is 16.8. The molecule has 9 aromatic carbocycles. The molecule has 63 heavy (non-hydrogen) atoms. The van der Waals surface area contributed by atoms with Crippen molar-refractivity contribution in [2.75, 3.05) is 4.90 Å². The lowest BCUT2D eigenvalue weighted by molar-refractivity contribution is 0.542. The van der Waals surface area contributed by atoms with E-state index in [0.717, 1.165) is 96.6 Å². The number of fused-ring (bicyclic) bond motifs is 3. The number of nitrogens with zero attached hydrogens (tertiary/aromatic N) is 2. The van der Waals surface area contributed by atoms with Crippen LogP contribution in [0.2, 0.25) is 0 Å². The zero-order valence-corrected chi connectivity index (χ0v) is 34.8. The number of anilines is 3. The van der Waals surface area contributed by atoms with E-state index >= 15 is 0 Å². The fraction of sp³-hybridized carbons (Fsp3) is 0.0678. The van der Waals surface area contributed by atoms with E-state index in [4.69, 9.17) is 9.41 Å². The molecule has 1 aromatic heterocycles. The maximum Gasteiger partial charge on any atom is 0.160 e. The molecule has 0 spiro atoms. The maximum absolute atomic E-state index is 7.11. The number of amidine groups is 1. The highest BCUT2D eigenvalue weighted by molar-refractivity contribution is 6.21. The van der Waals surface area contributed by atoms with Crippen LogP contribution in [0.5, 0.6) is 0 Å². The first-order chi connectivity index (χ1) is 31.2. The summed E-state index contributed by atoms with van der Waals surface area (Å²) in [4.78, 5) is 7.98. The van der Waals surface area contributed by atoms with Gasteiger partial charge in [-0.15, -0.1) is 0 Å². The van der Waals surface area contributed by atoms with Crippen LogP contribution in [-0.2, 0) is 0 Å². The normalized spacial score (nSPS) is 15.1. The van der Waals surface area contributed by atoms with Crippen molar-refractivity contribution in [3.63, 3.8) is 0 Å². The van der Waals surface area contributed by atoms with E-state index in [1.807, 2.05) is 0 Å². The highest BCUT2D eigenvalue weighted by Crippen LogP contribution is 2.46. The minimum atomic E-state index is -0.00957. The lowest BCUT2D eigenvalue weighted by atomic mass is 9.96. The number of para-hydroxylation sites is 1. The van der Waals surface area contributed by atoms with Gasteiger partial charge in [0.1, 0.15) is 11.4 Å². The first-order valence-corrected chi connectivity index (χ1v) is 21.8. The number of aliphatic imine (C=N–C) groups is 1. The quantitative estimate of drug-likeness (QED) is 0.158. The van der Waals surface area contributed by atoms with Gasteiger partial charge in [0.05, 0.1) is 17.8 Å². The molecule has 0 fully saturated rings. The minimum Gasteiger partial charge on any atom is -0.454 e. The average Bonchev–Trinajstić information content (AvgIpc) is 3.61. The molecule has 2 heterocycles. The van der Waals surface area contributed by atoms with Crippen LogP contribution in [0.4, 0.5) is 17.1 Å². The number of rotatable bonds is 9. The first kappa shape index (κ1) is 38.0. The molecule has 0 saturated heterocycles. The molecule has 1 N–H and O–H groups in total. The second-order valence-electron chi connectivity index (χ2n) is 16.3. The Morgan fingerprint density at radius 3 is 1.63 bits per heavy atom. The van der Waals surface area contributed by atoms with Gasteiger partial charge in [-0.25, -0.2) is 0 Å². The summed E-state index contributed by atoms with van der Waals surface area (Å²) in [5, 5.41) is 6.06. The monoisotopic (exact) mass is 811 g/mol. The van der Waals surface area contributed by atoms with E-state index < -0.39 is 0 Å². The van der Waals surface area contributed by atoms with E-state index in [0.29, 0.717) is 0 Å². The van der Waals surface area contributed by atoms with Crippen LogP contribution in [0.25, 0.3) is 55.3 Å². The van der Waals surface area contributed by atoms with Crippen molar-refractivity contribution >= 4 is 44.8 Å². The Hall–Kier alpha value is -7.95. The van der Waals surface area contributed by atoms with E-state index in [2.05, 4.69) is 241 Å². The summed E-state index contributed by atoms with van der Waals surface area (Å²) < 4.78 is 7.11. The van der Waals surface area contributed by atoms with Crippen LogP contribution in [0.1, 0.15) is 41.6 Å². The van der Waals surface area contributed by atoms with Gasteiger partial charge in [-0.2, -0.15) is 0 Å². The predicted octanol–water partition coefficient (Wildman–Crippen LogP) is 15.7. The molecule has 0 bridgehead atoms. The average molecular weight is 812 g/mol. The van der Waals surface area contributed by atoms with Crippen molar-refractivity contribution in [2.24, 2.45) is 4.99 Å². The SMILES string of the molecule is c1ccc(-c2cccc(N(c3cc(-c4ccccc4)cc(-c4ccccc4)c3)c3ccc(C4=NC(c5ccccc5)CCC(c5ccccc5)N4)c4c3oc3ccccc34)c2)cc1. The lowest BCUT2D eigenvalue weighted by Gasteiger charge is -2.28. The van der Waals surface area contributed by atoms with E-state index in [1.165, 1.54) is 11.1 Å². The van der Waals surface area contributed by atoms with E-state index in [9.17, 15) is 0 Å². The molecule has 11 rings (SSSR count). The molecule has 4 nitrogen and oxygen atoms in total. The summed E-state index contributed by atoms with van der Waals surface area (Å²) in [6.45, 7) is 0. The highest BCUT2D eigenvalue weighted by atomic mass is 16.3. The molecule has 1 aliphatic rings. The number of furan rings is 1. The molecule has 0 aliphatic carbocycles. The van der Waals surface area contributed by atoms with Crippen LogP contribution in [0, 0.1) is 0 Å². The number of hydrogen-bond acceptors (Lipinski definition) is 4. The Morgan fingerprint density at radius 2 is 0.984 bits per heavy atom. The topological polar surface area (TPSA) is 40.8 Å². The Morgan fingerprint density at radius 1 is 0.444 bits per heavy atom. The summed E-state index contributed by atoms with van der Waals surface area (Å²) >= 11 is 0. The van der Waals surface area contributed by atoms with Gasteiger partial charge in [0.25, 0.3) is 0 Å². The molecule has 302 valence electrons. The standard InChI is InChI=1S/C59H45N3O/c1-6-19-41(20-7-1)46-29-18-30-49(38-46)62(50-39-47(42-21-8-2-9-22-42)37-48(40-50)43-23-10-3-11-24-43)55-36-33-52(57-51-31-16-17-32-56(51)63-58(55)57)59-60-53(44-25-12-4-13-26-44)34-35-54(61-59)45-27-14-5-15-28-45/h1-33,36-40,53-54H,34-35H2,(H,60,61). The molecule has 0 radical (unpaired) electrons. The third kappa shape index (κ3) is 7.57. The summed E-state index contributed by atoms with van der Waals surface area (Å²) in [5.74, 6) is 0.869. The second-order valence-corrected chi connectivity index (χ2v) is 16.3. The molecule has 0 amide bonds. The van der Waals surface area contributed by atoms with Gasteiger partial charge in [0.15, 0.2) is 5.58 Å². The van der Waals surface area contributed by atoms with Gasteiger partial charge >= 0.3 is 0 Å². The largest absolute Gasteiger partial charge is 0.454 e. The summed E-state index contributed by atoms with van der Waals surface area (Å²) in [6.07, 6.45) is 1.86. The van der Waals surface area contributed by atoms with Crippen molar-refractivity contribution in [3.8, 4) is 33.4 Å². The lowest BCUT2D eigenvalue weighted by Crippen LogP contribution is -2.28. The molecular weight excluding hydrogens is 767 g/mol. The Bertz CT molecular complexity index is 3140. The number of hydrogen-bond donors (Lipinski definition) is 1. The van der Waals surface area contributed by atoms with E-state index in [-0.39, 0.29) is 12.1 Å². The van der Waals surface area contributed by atoms with Crippen molar-refractivity contribution in [2.45, 2.75) is 24.9 Å². The summed E-state index contributed by atoms with van der Waals surface area (Å²) in [5.41, 5.74) is 14.9. The van der Waals surface area contributed by atoms with Crippen LogP contribution >= 0.6 is 0 Å². The fourth-order valence-corrected chi connectivity index (χ4v) is 9.22. The summed E-state index contributed by atoms with van der Waals surface area (Å²) in [6, 6.07) is 82.2. The van der Waals surface area contributed by atoms with Gasteiger partial charge in [-0.05, 0) is 106 Å². The predicted molar refractivity (Wildman–Crippen MR) is 262 cm³/mol. The van der Waals surface area contributed by atoms with Crippen molar-refractivity contribution in [1.29, 1.82) is 0 Å². The molecule has 2 unspecified atom stereocenters. The van der Waals surface area contributed by atoms with Crippen LogP contribution in [0.15, 0.2) is 240 Å². The smallest absolute Gasteiger partial charge is 0.160 e. The molecule has 4 heteroatoms. The van der Waals surface area contributed by atoms with Crippen molar-refractivity contribution < 1.29 is 4.42 Å². The number of benzene rings is 9. The van der Waals surface area contributed by atoms with Crippen LogP contribution < -0.4 is 10.2 Å². The molecule has 1 aliphatic heterocycles. The minimum absolute atomic E-state index is 0.00957. The molecule has 2 atom stereocenters. The third-order valence-electron chi connectivity index (χ3n) is 12.3. The Kier molecular flexibility index (Phi) is 10.2. The van der Waals surface area contributed by atoms with Gasteiger partial charge in [-0.1, -0.05) is 182 Å². The molecular formula is C59H45N3O. The van der Waals surface area contributed by atoms with Crippen molar-refractivity contribution in [1.82, 2.24) is 5.32 Å². The summed E-state index contributed by atoms with van der Waals surface area (Å²) in [7, 11) is 0. The Labute approximate surface area is 368 Å². The Balaban J connectivity index is 1.17. The number of nitrogens with one attached hydrogen (secondary N) is 1. The highest BCUT2D eigenvalue weighted by Gasteiger charge is 2.28. The zero-order chi connectivity index (χ0) is 42.0. The molecule has 10 aromatic rings. The molecule has 0 saturated carbocycles. The van der Waals surface area contributed by atoms with Gasteiger partial charge < -0.3 is 14.6 Å². The zero-order valence-electron chi connectivity index (χ0n) is 34.8. The van der Waals surface area contributed by atoms with E-state index in [1.54, 1.807) is 0 Å². The first-order valence-electron chi connectivity index (χ1n) is 21.8. The van der Waals surface area contributed by atoms with Crippen molar-refractivity contribution in [3.05, 3.63) is 247 Å². The fourth-order valence-electron chi connectivity index (χ4n) is 9.22.